The minimum absolute atomic E-state index is 0.304. The average molecular weight is 182 g/mol. The molecule has 0 spiro atoms. The normalized spacial score (nSPS) is 30.9. The third-order valence-electron chi connectivity index (χ3n) is 3.24. The van der Waals surface area contributed by atoms with Crippen molar-refractivity contribution < 1.29 is 4.84 Å². The zero-order valence-corrected chi connectivity index (χ0v) is 8.11. The quantitative estimate of drug-likeness (QED) is 0.489. The molecule has 0 N–H and O–H groups in total. The van der Waals surface area contributed by atoms with Crippen LogP contribution in [0.4, 0.5) is 0 Å². The minimum Gasteiger partial charge on any atom is -0.392 e. The van der Waals surface area contributed by atoms with Crippen LogP contribution in [0.3, 0.4) is 0 Å². The van der Waals surface area contributed by atoms with Crippen LogP contribution in [0.25, 0.3) is 0 Å². The highest BCUT2D eigenvalue weighted by molar-refractivity contribution is 5.21. The van der Waals surface area contributed by atoms with E-state index in [0.29, 0.717) is 6.10 Å². The molecule has 3 heteroatoms. The first-order valence-electron chi connectivity index (χ1n) is 5.26. The Morgan fingerprint density at radius 2 is 2.00 bits per heavy atom. The maximum Gasteiger partial charge on any atom is 0.141 e. The first-order chi connectivity index (χ1) is 6.40. The van der Waals surface area contributed by atoms with E-state index < -0.39 is 0 Å². The Morgan fingerprint density at radius 3 is 2.69 bits per heavy atom. The second-order valence-corrected chi connectivity index (χ2v) is 4.08. The maximum absolute atomic E-state index is 5.16. The summed E-state index contributed by atoms with van der Waals surface area (Å²) >= 11 is 0. The van der Waals surface area contributed by atoms with Crippen LogP contribution in [0, 0.1) is 0 Å². The molecule has 74 valence electrons. The monoisotopic (exact) mass is 182 g/mol. The van der Waals surface area contributed by atoms with Crippen molar-refractivity contribution in [3.63, 3.8) is 0 Å². The van der Waals surface area contributed by atoms with E-state index in [4.69, 9.17) is 4.84 Å². The van der Waals surface area contributed by atoms with Crippen molar-refractivity contribution >= 4 is 6.72 Å². The van der Waals surface area contributed by atoms with Gasteiger partial charge in [-0.05, 0) is 12.8 Å². The van der Waals surface area contributed by atoms with Crippen molar-refractivity contribution in [3.8, 4) is 0 Å². The lowest BCUT2D eigenvalue weighted by Gasteiger charge is -2.22. The molecule has 0 bridgehead atoms. The average Bonchev–Trinajstić information content (AvgIpc) is 2.70. The fourth-order valence-electron chi connectivity index (χ4n) is 2.55. The summed E-state index contributed by atoms with van der Waals surface area (Å²) in [7, 11) is 0. The summed E-state index contributed by atoms with van der Waals surface area (Å²) in [6, 6.07) is 0.832. The third kappa shape index (κ3) is 2.02. The highest BCUT2D eigenvalue weighted by Gasteiger charge is 2.30. The molecule has 0 aromatic heterocycles. The van der Waals surface area contributed by atoms with E-state index >= 15 is 0 Å². The van der Waals surface area contributed by atoms with Crippen LogP contribution < -0.4 is 0 Å². The van der Waals surface area contributed by atoms with Gasteiger partial charge in [0.2, 0.25) is 0 Å². The fraction of sp³-hybridized carbons (Fsp3) is 0.900. The SMILES string of the molecule is C=NO[C@@H]1CCN(C2CCCC2)C1. The molecule has 0 radical (unpaired) electrons. The van der Waals surface area contributed by atoms with E-state index in [1.165, 1.54) is 32.2 Å². The Hall–Kier alpha value is -0.570. The predicted molar refractivity (Wildman–Crippen MR) is 52.9 cm³/mol. The first-order valence-corrected chi connectivity index (χ1v) is 5.26. The largest absolute Gasteiger partial charge is 0.392 e. The molecule has 13 heavy (non-hydrogen) atoms. The van der Waals surface area contributed by atoms with Crippen LogP contribution in [0.2, 0.25) is 0 Å². The van der Waals surface area contributed by atoms with Crippen LogP contribution in [0.15, 0.2) is 5.16 Å². The van der Waals surface area contributed by atoms with Crippen LogP contribution >= 0.6 is 0 Å². The standard InChI is InChI=1S/C10H18N2O/c1-11-13-10-6-7-12(8-10)9-4-2-3-5-9/h9-10H,1-8H2/t10-/m1/s1. The van der Waals surface area contributed by atoms with E-state index in [0.717, 1.165) is 19.0 Å². The molecule has 1 aliphatic heterocycles. The summed E-state index contributed by atoms with van der Waals surface area (Å²) in [5, 5.41) is 3.50. The zero-order chi connectivity index (χ0) is 9.10. The summed E-state index contributed by atoms with van der Waals surface area (Å²) in [6.07, 6.45) is 7.01. The second-order valence-electron chi connectivity index (χ2n) is 4.08. The molecule has 1 atom stereocenters. The van der Waals surface area contributed by atoms with Gasteiger partial charge in [-0.15, -0.1) is 5.16 Å². The Balaban J connectivity index is 1.79. The van der Waals surface area contributed by atoms with Crippen molar-refractivity contribution in [2.24, 2.45) is 5.16 Å². The molecule has 0 aromatic rings. The van der Waals surface area contributed by atoms with E-state index in [9.17, 15) is 0 Å². The molecule has 0 amide bonds. The van der Waals surface area contributed by atoms with Crippen molar-refractivity contribution in [2.75, 3.05) is 13.1 Å². The summed E-state index contributed by atoms with van der Waals surface area (Å²) in [5.74, 6) is 0. The molecule has 2 rings (SSSR count). The third-order valence-corrected chi connectivity index (χ3v) is 3.24. The Kier molecular flexibility index (Phi) is 2.83. The molecular weight excluding hydrogens is 164 g/mol. The number of rotatable bonds is 3. The lowest BCUT2D eigenvalue weighted by atomic mass is 10.2. The molecule has 2 fully saturated rings. The molecular formula is C10H18N2O. The van der Waals surface area contributed by atoms with Gasteiger partial charge in [-0.2, -0.15) is 0 Å². The van der Waals surface area contributed by atoms with E-state index in [1.54, 1.807) is 0 Å². The molecule has 3 nitrogen and oxygen atoms in total. The van der Waals surface area contributed by atoms with Crippen LogP contribution in [-0.2, 0) is 4.84 Å². The number of nitrogens with zero attached hydrogens (tertiary/aromatic N) is 2. The van der Waals surface area contributed by atoms with E-state index in [-0.39, 0.29) is 0 Å². The Labute approximate surface area is 79.7 Å². The number of likely N-dealkylation sites (tertiary alicyclic amines) is 1. The predicted octanol–water partition coefficient (Wildman–Crippen LogP) is 1.64. The van der Waals surface area contributed by atoms with Crippen LogP contribution in [0.1, 0.15) is 32.1 Å². The molecule has 1 saturated heterocycles. The number of hydrogen-bond acceptors (Lipinski definition) is 3. The number of hydrogen-bond donors (Lipinski definition) is 0. The lowest BCUT2D eigenvalue weighted by Crippen LogP contribution is -2.31. The number of oxime groups is 1. The van der Waals surface area contributed by atoms with Gasteiger partial charge < -0.3 is 4.84 Å². The fourth-order valence-corrected chi connectivity index (χ4v) is 2.55. The van der Waals surface area contributed by atoms with Gasteiger partial charge in [-0.1, -0.05) is 12.8 Å². The van der Waals surface area contributed by atoms with Gasteiger partial charge in [0.25, 0.3) is 0 Å². The summed E-state index contributed by atoms with van der Waals surface area (Å²) < 4.78 is 0. The second kappa shape index (κ2) is 4.09. The smallest absolute Gasteiger partial charge is 0.141 e. The van der Waals surface area contributed by atoms with E-state index in [2.05, 4.69) is 16.8 Å². The summed E-state index contributed by atoms with van der Waals surface area (Å²) in [4.78, 5) is 7.72. The first kappa shape index (κ1) is 9.00. The summed E-state index contributed by atoms with van der Waals surface area (Å²) in [6.45, 7) is 5.60. The van der Waals surface area contributed by atoms with E-state index in [1.807, 2.05) is 0 Å². The van der Waals surface area contributed by atoms with Crippen molar-refractivity contribution in [1.29, 1.82) is 0 Å². The molecule has 1 saturated carbocycles. The molecule has 2 aliphatic rings. The molecule has 1 aliphatic carbocycles. The highest BCUT2D eigenvalue weighted by atomic mass is 16.6. The van der Waals surface area contributed by atoms with Gasteiger partial charge in [0.15, 0.2) is 0 Å². The molecule has 0 unspecified atom stereocenters. The Morgan fingerprint density at radius 1 is 1.23 bits per heavy atom. The van der Waals surface area contributed by atoms with Crippen molar-refractivity contribution in [3.05, 3.63) is 0 Å². The van der Waals surface area contributed by atoms with Gasteiger partial charge in [0, 0.05) is 32.3 Å². The molecule has 1 heterocycles. The zero-order valence-electron chi connectivity index (χ0n) is 8.11. The van der Waals surface area contributed by atoms with Crippen LogP contribution in [-0.4, -0.2) is 36.9 Å². The van der Waals surface area contributed by atoms with Gasteiger partial charge in [-0.25, -0.2) is 0 Å². The highest BCUT2D eigenvalue weighted by Crippen LogP contribution is 2.27. The van der Waals surface area contributed by atoms with Gasteiger partial charge in [0.1, 0.15) is 6.10 Å². The van der Waals surface area contributed by atoms with Crippen molar-refractivity contribution in [2.45, 2.75) is 44.2 Å². The Bertz CT molecular complexity index is 178. The van der Waals surface area contributed by atoms with Gasteiger partial charge in [-0.3, -0.25) is 4.90 Å². The van der Waals surface area contributed by atoms with Crippen molar-refractivity contribution in [1.82, 2.24) is 4.90 Å². The van der Waals surface area contributed by atoms with Gasteiger partial charge >= 0.3 is 0 Å². The molecule has 0 aromatic carbocycles. The van der Waals surface area contributed by atoms with Gasteiger partial charge in [0.05, 0.1) is 0 Å². The minimum atomic E-state index is 0.304. The van der Waals surface area contributed by atoms with Crippen LogP contribution in [0.5, 0.6) is 0 Å². The maximum atomic E-state index is 5.16. The topological polar surface area (TPSA) is 24.8 Å². The lowest BCUT2D eigenvalue weighted by molar-refractivity contribution is 0.0628. The summed E-state index contributed by atoms with van der Waals surface area (Å²) in [5.41, 5.74) is 0.